The van der Waals surface area contributed by atoms with Crippen LogP contribution in [0.2, 0.25) is 0 Å². The summed E-state index contributed by atoms with van der Waals surface area (Å²) in [4.78, 5) is 134. The van der Waals surface area contributed by atoms with Gasteiger partial charge in [-0.25, -0.2) is 40.8 Å². The maximum Gasteiger partial charge on any atom is 0.319 e. The van der Waals surface area contributed by atoms with Crippen molar-refractivity contribution >= 4 is 108 Å². The number of carbonyl (C=O) groups excluding carboxylic acids is 8. The lowest BCUT2D eigenvalue weighted by Gasteiger charge is -2.30. The quantitative estimate of drug-likeness (QED) is 0.0217. The number of amides is 11. The van der Waals surface area contributed by atoms with Crippen LogP contribution in [-0.4, -0.2) is 219 Å². The van der Waals surface area contributed by atoms with Crippen LogP contribution in [0.25, 0.3) is 11.1 Å². The smallest absolute Gasteiger partial charge is 0.319 e. The van der Waals surface area contributed by atoms with Crippen molar-refractivity contribution in [3.8, 4) is 22.8 Å². The van der Waals surface area contributed by atoms with Crippen LogP contribution in [0, 0.1) is 17.6 Å². The van der Waals surface area contributed by atoms with Gasteiger partial charge in [0.25, 0.3) is 15.9 Å². The number of halogens is 2. The third kappa shape index (κ3) is 26.3. The predicted octanol–water partition coefficient (Wildman–Crippen LogP) is 6.23. The number of fused-ring (bicyclic) bond motifs is 6. The number of carboxylic acid groups (broad SMARTS) is 1. The third-order valence-corrected chi connectivity index (χ3v) is 20.1. The second-order valence-electron chi connectivity index (χ2n) is 27.0. The van der Waals surface area contributed by atoms with Gasteiger partial charge >= 0.3 is 24.1 Å². The molecule has 37 heteroatoms. The maximum atomic E-state index is 15.2. The van der Waals surface area contributed by atoms with Crippen molar-refractivity contribution in [2.24, 2.45) is 16.0 Å². The SMILES string of the molecule is CCCNC(=O)Nc1cccc(S(=O)(=O)Nc2cccc(C(CC(=O)O)NC(=O)Nc3ccc(NC(=O)NCCN(C)CCN(C)CCN(C)CC(=O)NC(CC(N)=O)C(=O)N4CCCC4C(=O)NC(C(=O)N=S(C)(=O)Cc4cc5nc(c4)OCCCOc4cc(F)ccc4-c4cc(ncc4F)N5)C(C)C)cc3)c2)c1. The van der Waals surface area contributed by atoms with E-state index in [1.54, 1.807) is 44.0 Å². The first kappa shape index (κ1) is 84.5. The number of carboxylic acids is 1. The topological polar surface area (TPSA) is 441 Å². The van der Waals surface area contributed by atoms with Crippen LogP contribution in [0.15, 0.2) is 125 Å². The molecule has 11 amide bonds. The van der Waals surface area contributed by atoms with Crippen LogP contribution in [0.5, 0.6) is 11.6 Å². The van der Waals surface area contributed by atoms with Gasteiger partial charge in [-0.05, 0) is 136 Å². The average molecular weight is 1570 g/mol. The Labute approximate surface area is 636 Å². The normalized spacial score (nSPS) is 14.8. The number of likely N-dealkylation sites (tertiary alicyclic amines) is 1. The molecule has 592 valence electrons. The highest BCUT2D eigenvalue weighted by Crippen LogP contribution is 2.35. The second-order valence-corrected chi connectivity index (χ2v) is 31.1. The van der Waals surface area contributed by atoms with Crippen molar-refractivity contribution in [2.45, 2.75) is 94.1 Å². The molecule has 4 bridgehead atoms. The van der Waals surface area contributed by atoms with E-state index < -0.39 is 128 Å². The van der Waals surface area contributed by atoms with E-state index in [0.29, 0.717) is 75.5 Å². The maximum absolute atomic E-state index is 15.2. The number of urea groups is 3. The van der Waals surface area contributed by atoms with Crippen molar-refractivity contribution in [3.63, 3.8) is 0 Å². The molecule has 2 aliphatic rings. The number of nitrogens with two attached hydrogens (primary N) is 1. The monoisotopic (exact) mass is 1560 g/mol. The molecule has 8 rings (SSSR count). The fraction of sp³-hybridized carbons (Fsp3) is 0.411. The summed E-state index contributed by atoms with van der Waals surface area (Å²) in [5.41, 5.74) is 7.65. The van der Waals surface area contributed by atoms with Gasteiger partial charge in [0.1, 0.15) is 47.1 Å². The summed E-state index contributed by atoms with van der Waals surface area (Å²) in [6, 6.07) is 19.2. The molecule has 0 radical (unpaired) electrons. The number of pyridine rings is 2. The lowest BCUT2D eigenvalue weighted by Crippen LogP contribution is -2.57. The van der Waals surface area contributed by atoms with E-state index in [2.05, 4.69) is 66.9 Å². The molecule has 0 spiro atoms. The molecule has 5 atom stereocenters. The second kappa shape index (κ2) is 39.8. The van der Waals surface area contributed by atoms with Crippen LogP contribution in [0.3, 0.4) is 0 Å². The average Bonchev–Trinajstić information content (AvgIpc) is 1.02. The molecule has 0 saturated carbocycles. The highest BCUT2D eigenvalue weighted by atomic mass is 32.2. The molecule has 6 aromatic rings. The Bertz CT molecular complexity index is 4560. The Balaban J connectivity index is 0.744. The molecule has 13 N–H and O–H groups in total. The lowest BCUT2D eigenvalue weighted by atomic mass is 10.0. The molecule has 1 saturated heterocycles. The highest BCUT2D eigenvalue weighted by molar-refractivity contribution is 7.93. The number of primary amides is 1. The van der Waals surface area contributed by atoms with Crippen molar-refractivity contribution in [3.05, 3.63) is 138 Å². The van der Waals surface area contributed by atoms with Gasteiger partial charge in [0.05, 0.1) is 65.2 Å². The molecule has 110 heavy (non-hydrogen) atoms. The van der Waals surface area contributed by atoms with Crippen molar-refractivity contribution in [2.75, 3.05) is 126 Å². The summed E-state index contributed by atoms with van der Waals surface area (Å²) in [6.45, 7) is 8.67. The predicted molar refractivity (Wildman–Crippen MR) is 409 cm³/mol. The number of nitrogens with zero attached hydrogens (tertiary/aromatic N) is 7. The Morgan fingerprint density at radius 3 is 2.05 bits per heavy atom. The van der Waals surface area contributed by atoms with Crippen molar-refractivity contribution < 1.29 is 79.1 Å². The number of hydrogen-bond donors (Lipinski definition) is 12. The molecule has 0 aliphatic carbocycles. The minimum atomic E-state index is -4.19. The van der Waals surface area contributed by atoms with Crippen LogP contribution in [0.4, 0.5) is 57.5 Å². The molecule has 2 aromatic heterocycles. The molecule has 2 aliphatic heterocycles. The Kier molecular flexibility index (Phi) is 30.6. The third-order valence-electron chi connectivity index (χ3n) is 17.3. The van der Waals surface area contributed by atoms with Gasteiger partial charge in [-0.2, -0.15) is 9.35 Å². The first-order valence-electron chi connectivity index (χ1n) is 35.5. The molecule has 5 unspecified atom stereocenters. The van der Waals surface area contributed by atoms with E-state index in [1.165, 1.54) is 96.1 Å². The van der Waals surface area contributed by atoms with Crippen LogP contribution in [-0.2, 0) is 54.3 Å². The number of aliphatic carboxylic acids is 1. The summed E-state index contributed by atoms with van der Waals surface area (Å²) in [6.07, 6.45) is 2.74. The van der Waals surface area contributed by atoms with Gasteiger partial charge in [0.2, 0.25) is 29.5 Å². The lowest BCUT2D eigenvalue weighted by molar-refractivity contribution is -0.143. The number of hydrogen-bond acceptors (Lipinski definition) is 20. The van der Waals surface area contributed by atoms with E-state index in [4.69, 9.17) is 15.2 Å². The van der Waals surface area contributed by atoms with Gasteiger partial charge in [-0.1, -0.05) is 39.0 Å². The number of nitrogens with one attached hydrogen (secondary N) is 10. The fourth-order valence-electron chi connectivity index (χ4n) is 11.7. The number of carbonyl (C=O) groups is 9. The van der Waals surface area contributed by atoms with Gasteiger partial charge in [0, 0.05) is 111 Å². The number of rotatable bonds is 33. The van der Waals surface area contributed by atoms with Crippen molar-refractivity contribution in [1.29, 1.82) is 0 Å². The van der Waals surface area contributed by atoms with E-state index >= 15 is 4.39 Å². The first-order chi connectivity index (χ1) is 52.3. The van der Waals surface area contributed by atoms with Gasteiger partial charge in [-0.15, -0.1) is 0 Å². The van der Waals surface area contributed by atoms with Crippen molar-refractivity contribution in [1.82, 2.24) is 56.2 Å². The number of sulfonamides is 1. The number of likely N-dealkylation sites (N-methyl/N-ethyl adjacent to an activating group) is 3. The van der Waals surface area contributed by atoms with Gasteiger partial charge < -0.3 is 82.9 Å². The largest absolute Gasteiger partial charge is 0.493 e. The zero-order chi connectivity index (χ0) is 79.8. The Morgan fingerprint density at radius 1 is 0.709 bits per heavy atom. The number of ether oxygens (including phenoxy) is 2. The Hall–Kier alpha value is -11.2. The van der Waals surface area contributed by atoms with E-state index in [1.807, 2.05) is 30.8 Å². The summed E-state index contributed by atoms with van der Waals surface area (Å²) < 4.78 is 88.9. The molecule has 4 heterocycles. The first-order valence-corrected chi connectivity index (χ1v) is 39.1. The van der Waals surface area contributed by atoms with Crippen LogP contribution in [0.1, 0.15) is 76.5 Å². The molecule has 1 fully saturated rings. The fourth-order valence-corrected chi connectivity index (χ4v) is 14.2. The zero-order valence-electron chi connectivity index (χ0n) is 62.0. The summed E-state index contributed by atoms with van der Waals surface area (Å²) >= 11 is 0. The number of benzene rings is 4. The summed E-state index contributed by atoms with van der Waals surface area (Å²) in [5.74, 6) is -6.58. The zero-order valence-corrected chi connectivity index (χ0v) is 63.7. The standard InChI is InChI=1S/C73H94F2N18O15S2/c1-8-24-77-71(101)82-51-14-10-16-53(38-51)110(105,106)88-52-15-9-13-47(36-52)57(41-66(96)97)84-73(103)81-50-21-19-49(20-22-50)80-72(102)78-25-27-90(4)28-29-91(5)30-31-92(6)43-64(95)83-58(40-61(76)94)70(100)93-26-11-17-59(93)68(98)87-67(45(2)3)69(99)89-109(7,104)44-46-34-63-85-62-39-55(56(75)42-79-62)54-23-18-48(74)37-60(54)107-32-12-33-108-65(35-46)86-63/h9-10,13-16,18-23,34-39,42,45,57-59,67,88H,8,11-12,17,24-33,40-41,43-44H2,1-7H3,(H2,76,94)(H,83,95)(H,87,98)(H,96,97)(H2,77,82,101)(H2,78,80,102)(H,79,85,86)(H2,81,84,103). The van der Waals surface area contributed by atoms with E-state index in [0.717, 1.165) is 12.3 Å². The summed E-state index contributed by atoms with van der Waals surface area (Å²) in [5, 5.41) is 34.1. The number of aromatic nitrogens is 2. The van der Waals surface area contributed by atoms with E-state index in [-0.39, 0.29) is 101 Å². The number of anilines is 6. The Morgan fingerprint density at radius 2 is 1.36 bits per heavy atom. The minimum absolute atomic E-state index is 0.0780. The van der Waals surface area contributed by atoms with E-state index in [9.17, 15) is 65.3 Å². The van der Waals surface area contributed by atoms with Crippen LogP contribution < -0.4 is 67.8 Å². The van der Waals surface area contributed by atoms with Gasteiger partial charge in [-0.3, -0.25) is 38.4 Å². The molecular formula is C73H94F2N18O15S2. The highest BCUT2D eigenvalue weighted by Gasteiger charge is 2.40. The molecule has 4 aromatic carbocycles. The van der Waals surface area contributed by atoms with Gasteiger partial charge in [0.15, 0.2) is 0 Å². The summed E-state index contributed by atoms with van der Waals surface area (Å²) in [7, 11) is -2.09. The van der Waals surface area contributed by atoms with Crippen LogP contribution >= 0.6 is 0 Å². The minimum Gasteiger partial charge on any atom is -0.493 e. The molecular weight excluding hydrogens is 1470 g/mol. The molecule has 33 nitrogen and oxygen atoms in total.